The molecule has 0 atom stereocenters. The Labute approximate surface area is 88.8 Å². The number of halogens is 1. The van der Waals surface area contributed by atoms with Crippen LogP contribution in [0.25, 0.3) is 0 Å². The summed E-state index contributed by atoms with van der Waals surface area (Å²) in [6, 6.07) is 3.65. The summed E-state index contributed by atoms with van der Waals surface area (Å²) in [5.74, 6) is 0.440. The third kappa shape index (κ3) is 2.07. The largest absolute Gasteiger partial charge is 0.494 e. The summed E-state index contributed by atoms with van der Waals surface area (Å²) in [4.78, 5) is 11.3. The molecule has 76 valence electrons. The summed E-state index contributed by atoms with van der Waals surface area (Å²) in [7, 11) is 1.51. The molecule has 0 saturated heterocycles. The number of aryl methyl sites for hydroxylation is 1. The number of ketones is 1. The van der Waals surface area contributed by atoms with E-state index < -0.39 is 0 Å². The summed E-state index contributed by atoms with van der Waals surface area (Å²) in [5.41, 5.74) is 1.60. The van der Waals surface area contributed by atoms with E-state index in [1.54, 1.807) is 0 Å². The van der Waals surface area contributed by atoms with Gasteiger partial charge in [-0.1, -0.05) is 18.5 Å². The molecule has 14 heavy (non-hydrogen) atoms. The molecule has 0 aliphatic carbocycles. The molecule has 0 N–H and O–H groups in total. The van der Waals surface area contributed by atoms with Crippen molar-refractivity contribution < 1.29 is 9.53 Å². The van der Waals surface area contributed by atoms with Gasteiger partial charge in [0.2, 0.25) is 0 Å². The van der Waals surface area contributed by atoms with E-state index in [4.69, 9.17) is 16.3 Å². The minimum absolute atomic E-state index is 0.0287. The number of carbonyl (C=O) groups excluding carboxylic acids is 1. The fraction of sp³-hybridized carbons (Fsp3) is 0.364. The van der Waals surface area contributed by atoms with Crippen LogP contribution in [0.3, 0.4) is 0 Å². The average Bonchev–Trinajstić information content (AvgIpc) is 2.16. The highest BCUT2D eigenvalue weighted by atomic mass is 35.5. The van der Waals surface area contributed by atoms with Crippen molar-refractivity contribution in [3.05, 3.63) is 28.3 Å². The van der Waals surface area contributed by atoms with Crippen LogP contribution < -0.4 is 4.74 Å². The number of hydrogen-bond donors (Lipinski definition) is 0. The molecule has 1 aromatic rings. The van der Waals surface area contributed by atoms with Crippen molar-refractivity contribution in [2.24, 2.45) is 0 Å². The number of carbonyl (C=O) groups is 1. The Hall–Kier alpha value is -1.02. The molecule has 0 amide bonds. The van der Waals surface area contributed by atoms with Gasteiger partial charge in [0.05, 0.1) is 17.7 Å². The first-order valence-electron chi connectivity index (χ1n) is 4.47. The lowest BCUT2D eigenvalue weighted by Crippen LogP contribution is -1.99. The second-order valence-electron chi connectivity index (χ2n) is 3.07. The zero-order valence-corrected chi connectivity index (χ0v) is 9.31. The van der Waals surface area contributed by atoms with Crippen LogP contribution in [0.2, 0.25) is 5.02 Å². The van der Waals surface area contributed by atoms with E-state index >= 15 is 0 Å². The smallest absolute Gasteiger partial charge is 0.163 e. The van der Waals surface area contributed by atoms with Crippen LogP contribution in [0.1, 0.15) is 29.8 Å². The second kappa shape index (κ2) is 4.47. The van der Waals surface area contributed by atoms with Gasteiger partial charge in [-0.05, 0) is 31.0 Å². The molecule has 3 heteroatoms. The van der Waals surface area contributed by atoms with Gasteiger partial charge in [-0.3, -0.25) is 4.79 Å². The van der Waals surface area contributed by atoms with Crippen molar-refractivity contribution >= 4 is 17.4 Å². The molecular formula is C11H13ClO2. The minimum atomic E-state index is -0.0287. The van der Waals surface area contributed by atoms with Crippen molar-refractivity contribution in [2.45, 2.75) is 20.3 Å². The van der Waals surface area contributed by atoms with E-state index in [-0.39, 0.29) is 5.78 Å². The molecule has 0 spiro atoms. The zero-order chi connectivity index (χ0) is 10.7. The van der Waals surface area contributed by atoms with E-state index in [0.29, 0.717) is 16.3 Å². The maximum absolute atomic E-state index is 11.3. The number of ether oxygens (including phenoxy) is 1. The Morgan fingerprint density at radius 1 is 1.50 bits per heavy atom. The van der Waals surface area contributed by atoms with E-state index in [1.807, 2.05) is 19.1 Å². The van der Waals surface area contributed by atoms with E-state index in [0.717, 1.165) is 12.0 Å². The van der Waals surface area contributed by atoms with Gasteiger partial charge in [-0.2, -0.15) is 0 Å². The van der Waals surface area contributed by atoms with Crippen LogP contribution >= 0.6 is 11.6 Å². The van der Waals surface area contributed by atoms with E-state index in [2.05, 4.69) is 0 Å². The van der Waals surface area contributed by atoms with Crippen LogP contribution in [0, 0.1) is 0 Å². The third-order valence-electron chi connectivity index (χ3n) is 2.10. The predicted molar refractivity (Wildman–Crippen MR) is 57.4 cm³/mol. The fourth-order valence-corrected chi connectivity index (χ4v) is 1.64. The minimum Gasteiger partial charge on any atom is -0.494 e. The Bertz CT molecular complexity index is 359. The molecule has 2 nitrogen and oxygen atoms in total. The van der Waals surface area contributed by atoms with Crippen molar-refractivity contribution in [2.75, 3.05) is 7.11 Å². The Kier molecular flexibility index (Phi) is 3.53. The number of Topliss-reactive ketones (excluding diaryl/α,β-unsaturated/α-hetero) is 1. The summed E-state index contributed by atoms with van der Waals surface area (Å²) in [6.07, 6.45) is 0.851. The number of hydrogen-bond acceptors (Lipinski definition) is 2. The molecular weight excluding hydrogens is 200 g/mol. The molecule has 0 radical (unpaired) electrons. The van der Waals surface area contributed by atoms with Crippen LogP contribution in [-0.2, 0) is 6.42 Å². The van der Waals surface area contributed by atoms with Gasteiger partial charge in [0, 0.05) is 0 Å². The summed E-state index contributed by atoms with van der Waals surface area (Å²) >= 11 is 5.98. The highest BCUT2D eigenvalue weighted by molar-refractivity contribution is 6.32. The number of benzene rings is 1. The Morgan fingerprint density at radius 2 is 2.14 bits per heavy atom. The maximum Gasteiger partial charge on any atom is 0.163 e. The first kappa shape index (κ1) is 11.1. The van der Waals surface area contributed by atoms with Gasteiger partial charge in [0.25, 0.3) is 0 Å². The SMILES string of the molecule is CCc1cc(Cl)c(OC)c(C(C)=O)c1. The normalized spacial score (nSPS) is 10.0. The first-order chi connectivity index (χ1) is 6.60. The lowest BCUT2D eigenvalue weighted by molar-refractivity contribution is 0.101. The standard InChI is InChI=1S/C11H13ClO2/c1-4-8-5-9(7(2)13)11(14-3)10(12)6-8/h5-6H,4H2,1-3H3. The molecule has 0 aliphatic heterocycles. The molecule has 0 heterocycles. The molecule has 0 unspecified atom stereocenters. The predicted octanol–water partition coefficient (Wildman–Crippen LogP) is 3.11. The van der Waals surface area contributed by atoms with Crippen molar-refractivity contribution in [3.63, 3.8) is 0 Å². The Balaban J connectivity index is 3.35. The number of methoxy groups -OCH3 is 1. The van der Waals surface area contributed by atoms with Gasteiger partial charge in [0.15, 0.2) is 5.78 Å². The summed E-state index contributed by atoms with van der Waals surface area (Å²) in [5, 5.41) is 0.497. The molecule has 0 fully saturated rings. The molecule has 0 aliphatic rings. The van der Waals surface area contributed by atoms with Crippen LogP contribution in [-0.4, -0.2) is 12.9 Å². The zero-order valence-electron chi connectivity index (χ0n) is 8.56. The monoisotopic (exact) mass is 212 g/mol. The van der Waals surface area contributed by atoms with Gasteiger partial charge < -0.3 is 4.74 Å². The van der Waals surface area contributed by atoms with E-state index in [1.165, 1.54) is 14.0 Å². The van der Waals surface area contributed by atoms with Crippen LogP contribution in [0.15, 0.2) is 12.1 Å². The highest BCUT2D eigenvalue weighted by Crippen LogP contribution is 2.30. The van der Waals surface area contributed by atoms with Gasteiger partial charge >= 0.3 is 0 Å². The van der Waals surface area contributed by atoms with Crippen molar-refractivity contribution in [3.8, 4) is 5.75 Å². The summed E-state index contributed by atoms with van der Waals surface area (Å²) < 4.78 is 5.08. The lowest BCUT2D eigenvalue weighted by Gasteiger charge is -2.09. The first-order valence-corrected chi connectivity index (χ1v) is 4.85. The highest BCUT2D eigenvalue weighted by Gasteiger charge is 2.12. The Morgan fingerprint density at radius 3 is 2.57 bits per heavy atom. The quantitative estimate of drug-likeness (QED) is 0.720. The van der Waals surface area contributed by atoms with E-state index in [9.17, 15) is 4.79 Å². The maximum atomic E-state index is 11.3. The third-order valence-corrected chi connectivity index (χ3v) is 2.38. The van der Waals surface area contributed by atoms with Gasteiger partial charge in [-0.25, -0.2) is 0 Å². The van der Waals surface area contributed by atoms with Gasteiger partial charge in [0.1, 0.15) is 5.75 Å². The number of rotatable bonds is 3. The molecule has 0 aromatic heterocycles. The fourth-order valence-electron chi connectivity index (χ4n) is 1.32. The molecule has 1 aromatic carbocycles. The molecule has 1 rings (SSSR count). The lowest BCUT2D eigenvalue weighted by atomic mass is 10.1. The van der Waals surface area contributed by atoms with Crippen molar-refractivity contribution in [1.29, 1.82) is 0 Å². The molecule has 0 saturated carbocycles. The van der Waals surface area contributed by atoms with Crippen molar-refractivity contribution in [1.82, 2.24) is 0 Å². The molecule has 0 bridgehead atoms. The van der Waals surface area contributed by atoms with Crippen LogP contribution in [0.5, 0.6) is 5.75 Å². The summed E-state index contributed by atoms with van der Waals surface area (Å²) in [6.45, 7) is 3.52. The second-order valence-corrected chi connectivity index (χ2v) is 3.48. The average molecular weight is 213 g/mol. The van der Waals surface area contributed by atoms with Crippen LogP contribution in [0.4, 0.5) is 0 Å². The van der Waals surface area contributed by atoms with Gasteiger partial charge in [-0.15, -0.1) is 0 Å². The topological polar surface area (TPSA) is 26.3 Å².